The molecule has 4 heteroatoms. The fraction of sp³-hybridized carbons (Fsp3) is 0.714. The van der Waals surface area contributed by atoms with E-state index in [1.807, 2.05) is 0 Å². The summed E-state index contributed by atoms with van der Waals surface area (Å²) in [6.45, 7) is 8.10. The summed E-state index contributed by atoms with van der Waals surface area (Å²) in [4.78, 5) is 3.71. The van der Waals surface area contributed by atoms with Crippen molar-refractivity contribution in [3.05, 3.63) is 21.9 Å². The smallest absolute Gasteiger partial charge is 0.0693 e. The molecule has 0 bridgehead atoms. The maximum absolute atomic E-state index is 10.1. The Labute approximate surface area is 114 Å². The monoisotopic (exact) mass is 268 g/mol. The zero-order valence-electron chi connectivity index (χ0n) is 11.5. The molecule has 1 aliphatic rings. The van der Waals surface area contributed by atoms with E-state index in [-0.39, 0.29) is 18.2 Å². The molecule has 2 heterocycles. The quantitative estimate of drug-likeness (QED) is 0.883. The van der Waals surface area contributed by atoms with E-state index in [1.165, 1.54) is 10.4 Å². The van der Waals surface area contributed by atoms with Gasteiger partial charge in [0.05, 0.1) is 12.1 Å². The molecule has 1 saturated heterocycles. The normalized spacial score (nSPS) is 29.2. The van der Waals surface area contributed by atoms with Crippen LogP contribution in [0.25, 0.3) is 0 Å². The predicted octanol–water partition coefficient (Wildman–Crippen LogP) is 2.15. The van der Waals surface area contributed by atoms with Crippen LogP contribution in [-0.4, -0.2) is 35.2 Å². The molecule has 0 saturated carbocycles. The summed E-state index contributed by atoms with van der Waals surface area (Å²) >= 11 is 1.78. The van der Waals surface area contributed by atoms with Crippen molar-refractivity contribution in [2.24, 2.45) is 11.7 Å². The van der Waals surface area contributed by atoms with Crippen molar-refractivity contribution >= 4 is 11.3 Å². The molecule has 2 rings (SSSR count). The van der Waals surface area contributed by atoms with Gasteiger partial charge in [0.25, 0.3) is 0 Å². The zero-order chi connectivity index (χ0) is 13.3. The highest BCUT2D eigenvalue weighted by molar-refractivity contribution is 7.10. The van der Waals surface area contributed by atoms with Gasteiger partial charge in [-0.05, 0) is 49.7 Å². The van der Waals surface area contributed by atoms with Crippen LogP contribution in [0, 0.1) is 12.8 Å². The van der Waals surface area contributed by atoms with Gasteiger partial charge in [-0.25, -0.2) is 0 Å². The van der Waals surface area contributed by atoms with Crippen molar-refractivity contribution in [3.8, 4) is 0 Å². The van der Waals surface area contributed by atoms with Crippen LogP contribution in [0.5, 0.6) is 0 Å². The van der Waals surface area contributed by atoms with Crippen molar-refractivity contribution in [2.75, 3.05) is 13.1 Å². The molecule has 1 aromatic heterocycles. The van der Waals surface area contributed by atoms with Gasteiger partial charge in [-0.3, -0.25) is 4.90 Å². The summed E-state index contributed by atoms with van der Waals surface area (Å²) < 4.78 is 0. The van der Waals surface area contributed by atoms with Crippen LogP contribution in [0.1, 0.15) is 36.8 Å². The van der Waals surface area contributed by atoms with Gasteiger partial charge < -0.3 is 10.8 Å². The lowest BCUT2D eigenvalue weighted by molar-refractivity contribution is 0.00601. The number of hydrogen-bond donors (Lipinski definition) is 2. The van der Waals surface area contributed by atoms with Crippen LogP contribution < -0.4 is 5.73 Å². The first-order chi connectivity index (χ1) is 8.50. The summed E-state index contributed by atoms with van der Waals surface area (Å²) in [5.74, 6) is 0.402. The van der Waals surface area contributed by atoms with Gasteiger partial charge in [-0.2, -0.15) is 0 Å². The summed E-state index contributed by atoms with van der Waals surface area (Å²) in [7, 11) is 0. The summed E-state index contributed by atoms with van der Waals surface area (Å²) in [5.41, 5.74) is 7.51. The first-order valence-electron chi connectivity index (χ1n) is 6.72. The Morgan fingerprint density at radius 1 is 1.56 bits per heavy atom. The molecule has 1 aromatic rings. The Balaban J connectivity index is 2.19. The van der Waals surface area contributed by atoms with Gasteiger partial charge in [-0.15, -0.1) is 11.3 Å². The highest BCUT2D eigenvalue weighted by Crippen LogP contribution is 2.33. The van der Waals surface area contributed by atoms with Crippen LogP contribution >= 0.6 is 11.3 Å². The fourth-order valence-corrected chi connectivity index (χ4v) is 3.93. The third-order valence-electron chi connectivity index (χ3n) is 4.01. The highest BCUT2D eigenvalue weighted by Gasteiger charge is 2.32. The number of thiophene rings is 1. The molecule has 0 radical (unpaired) electrons. The second-order valence-electron chi connectivity index (χ2n) is 5.60. The highest BCUT2D eigenvalue weighted by atomic mass is 32.1. The minimum atomic E-state index is -0.222. The molecule has 3 nitrogen and oxygen atoms in total. The van der Waals surface area contributed by atoms with E-state index in [9.17, 15) is 5.11 Å². The Hall–Kier alpha value is -0.420. The number of aryl methyl sites for hydroxylation is 1. The number of aliphatic hydroxyl groups excluding tert-OH is 1. The second-order valence-corrected chi connectivity index (χ2v) is 6.55. The molecule has 102 valence electrons. The van der Waals surface area contributed by atoms with Crippen LogP contribution in [0.15, 0.2) is 11.4 Å². The number of likely N-dealkylation sites (tertiary alicyclic amines) is 1. The lowest BCUT2D eigenvalue weighted by Gasteiger charge is -2.40. The number of nitrogens with zero attached hydrogens (tertiary/aromatic N) is 1. The molecule has 1 fully saturated rings. The number of nitrogens with two attached hydrogens (primary N) is 1. The van der Waals surface area contributed by atoms with Gasteiger partial charge in [0, 0.05) is 17.5 Å². The molecule has 18 heavy (non-hydrogen) atoms. The van der Waals surface area contributed by atoms with Crippen molar-refractivity contribution < 1.29 is 5.11 Å². The van der Waals surface area contributed by atoms with Crippen molar-refractivity contribution in [2.45, 2.75) is 45.4 Å². The van der Waals surface area contributed by atoms with Gasteiger partial charge in [-0.1, -0.05) is 6.92 Å². The first kappa shape index (κ1) is 14.0. The van der Waals surface area contributed by atoms with E-state index in [0.29, 0.717) is 5.92 Å². The molecule has 0 spiro atoms. The third-order valence-corrected chi connectivity index (χ3v) is 5.10. The topological polar surface area (TPSA) is 49.5 Å². The van der Waals surface area contributed by atoms with E-state index in [0.717, 1.165) is 19.5 Å². The van der Waals surface area contributed by atoms with E-state index < -0.39 is 0 Å². The minimum absolute atomic E-state index is 0.0861. The largest absolute Gasteiger partial charge is 0.392 e. The maximum atomic E-state index is 10.1. The van der Waals surface area contributed by atoms with E-state index in [4.69, 9.17) is 5.73 Å². The average Bonchev–Trinajstić information content (AvgIpc) is 2.70. The number of hydrogen-bond acceptors (Lipinski definition) is 4. The molecule has 0 aliphatic carbocycles. The van der Waals surface area contributed by atoms with Crippen molar-refractivity contribution in [1.29, 1.82) is 0 Å². The standard InChI is InChI=1S/C14H24N2OS/c1-9-4-6-16(8-12(9)17)13(11(3)15)14-10(2)5-7-18-14/h5,7,9,11-13,17H,4,6,8,15H2,1-3H3. The van der Waals surface area contributed by atoms with Crippen LogP contribution in [0.2, 0.25) is 0 Å². The number of β-amino-alcohol motifs (C(OH)–C–C–N with tert-alkyl or cyclic N) is 1. The molecule has 4 atom stereocenters. The average molecular weight is 268 g/mol. The van der Waals surface area contributed by atoms with Gasteiger partial charge >= 0.3 is 0 Å². The maximum Gasteiger partial charge on any atom is 0.0693 e. The van der Waals surface area contributed by atoms with Crippen LogP contribution in [-0.2, 0) is 0 Å². The molecule has 0 amide bonds. The lowest BCUT2D eigenvalue weighted by atomic mass is 9.93. The molecular formula is C14H24N2OS. The number of aliphatic hydroxyl groups is 1. The molecule has 3 N–H and O–H groups in total. The molecule has 1 aliphatic heterocycles. The summed E-state index contributed by atoms with van der Waals surface area (Å²) in [6.07, 6.45) is 0.828. The fourth-order valence-electron chi connectivity index (χ4n) is 2.75. The van der Waals surface area contributed by atoms with E-state index in [1.54, 1.807) is 11.3 Å². The molecular weight excluding hydrogens is 244 g/mol. The van der Waals surface area contributed by atoms with E-state index in [2.05, 4.69) is 37.1 Å². The zero-order valence-corrected chi connectivity index (χ0v) is 12.3. The second kappa shape index (κ2) is 5.70. The van der Waals surface area contributed by atoms with E-state index >= 15 is 0 Å². The lowest BCUT2D eigenvalue weighted by Crippen LogP contribution is -2.48. The van der Waals surface area contributed by atoms with Gasteiger partial charge in [0.1, 0.15) is 0 Å². The number of piperidine rings is 1. The molecule has 0 aromatic carbocycles. The summed E-state index contributed by atoms with van der Waals surface area (Å²) in [6, 6.07) is 2.48. The van der Waals surface area contributed by atoms with Gasteiger partial charge in [0.15, 0.2) is 0 Å². The van der Waals surface area contributed by atoms with Crippen molar-refractivity contribution in [3.63, 3.8) is 0 Å². The number of rotatable bonds is 3. The minimum Gasteiger partial charge on any atom is -0.392 e. The SMILES string of the molecule is Cc1ccsc1C(C(C)N)N1CCC(C)C(O)C1. The van der Waals surface area contributed by atoms with Gasteiger partial charge in [0.2, 0.25) is 0 Å². The Kier molecular flexibility index (Phi) is 4.43. The summed E-state index contributed by atoms with van der Waals surface area (Å²) in [5, 5.41) is 12.2. The predicted molar refractivity (Wildman–Crippen MR) is 76.8 cm³/mol. The first-order valence-corrected chi connectivity index (χ1v) is 7.60. The third kappa shape index (κ3) is 2.77. The molecule has 4 unspecified atom stereocenters. The van der Waals surface area contributed by atoms with Crippen molar-refractivity contribution in [1.82, 2.24) is 4.90 Å². The van der Waals surface area contributed by atoms with Crippen LogP contribution in [0.4, 0.5) is 0 Å². The Bertz CT molecular complexity index is 391. The van der Waals surface area contributed by atoms with Crippen LogP contribution in [0.3, 0.4) is 0 Å². The Morgan fingerprint density at radius 2 is 2.28 bits per heavy atom. The Morgan fingerprint density at radius 3 is 2.78 bits per heavy atom.